The van der Waals surface area contributed by atoms with Crippen LogP contribution >= 0.6 is 0 Å². The second-order valence-electron chi connectivity index (χ2n) is 5.19. The summed E-state index contributed by atoms with van der Waals surface area (Å²) in [5.41, 5.74) is 1.48. The van der Waals surface area contributed by atoms with Crippen LogP contribution in [0.3, 0.4) is 0 Å². The Bertz CT molecular complexity index is 602. The van der Waals surface area contributed by atoms with E-state index in [0.717, 1.165) is 5.56 Å². The first-order valence-corrected chi connectivity index (χ1v) is 7.16. The summed E-state index contributed by atoms with van der Waals surface area (Å²) in [7, 11) is 0. The van der Waals surface area contributed by atoms with Crippen molar-refractivity contribution in [2.24, 2.45) is 0 Å². The number of rotatable bonds is 7. The van der Waals surface area contributed by atoms with E-state index < -0.39 is 12.7 Å². The van der Waals surface area contributed by atoms with Crippen LogP contribution in [0.1, 0.15) is 24.2 Å². The highest BCUT2D eigenvalue weighted by Crippen LogP contribution is 2.18. The normalized spacial score (nSPS) is 13.8. The number of aliphatic hydroxyl groups is 1. The largest absolute Gasteiger partial charge is 0.435 e. The van der Waals surface area contributed by atoms with Crippen LogP contribution in [0.15, 0.2) is 48.5 Å². The molecule has 0 aliphatic carbocycles. The molecule has 3 nitrogen and oxygen atoms in total. The van der Waals surface area contributed by atoms with Gasteiger partial charge in [-0.3, -0.25) is 0 Å². The molecule has 0 aliphatic rings. The lowest BCUT2D eigenvalue weighted by Gasteiger charge is -2.21. The maximum absolute atomic E-state index is 12.9. The fraction of sp³-hybridized carbons (Fsp3) is 0.294. The minimum Gasteiger partial charge on any atom is -0.435 e. The molecule has 0 aromatic heterocycles. The number of ether oxygens (including phenoxy) is 1. The summed E-state index contributed by atoms with van der Waals surface area (Å²) in [5, 5.41) is 13.4. The lowest BCUT2D eigenvalue weighted by Crippen LogP contribution is -2.31. The zero-order valence-electron chi connectivity index (χ0n) is 12.5. The molecule has 23 heavy (non-hydrogen) atoms. The van der Waals surface area contributed by atoms with Gasteiger partial charge in [0, 0.05) is 12.6 Å². The number of hydrogen-bond donors (Lipinski definition) is 2. The molecular weight excluding hydrogens is 307 g/mol. The third kappa shape index (κ3) is 5.26. The molecule has 0 spiro atoms. The summed E-state index contributed by atoms with van der Waals surface area (Å²) < 4.78 is 41.3. The molecule has 0 fully saturated rings. The number of hydrogen-bond acceptors (Lipinski definition) is 3. The van der Waals surface area contributed by atoms with Crippen molar-refractivity contribution in [1.29, 1.82) is 0 Å². The second kappa shape index (κ2) is 7.99. The van der Waals surface area contributed by atoms with Gasteiger partial charge >= 0.3 is 6.61 Å². The molecule has 124 valence electrons. The van der Waals surface area contributed by atoms with Crippen molar-refractivity contribution < 1.29 is 23.0 Å². The van der Waals surface area contributed by atoms with E-state index in [1.807, 2.05) is 6.92 Å². The molecule has 2 rings (SSSR count). The predicted molar refractivity (Wildman–Crippen MR) is 80.7 cm³/mol. The van der Waals surface area contributed by atoms with E-state index in [9.17, 15) is 18.3 Å². The van der Waals surface area contributed by atoms with Gasteiger partial charge in [-0.05, 0) is 42.3 Å². The molecule has 2 aromatic carbocycles. The van der Waals surface area contributed by atoms with Crippen molar-refractivity contribution in [2.75, 3.05) is 0 Å². The third-order valence-electron chi connectivity index (χ3n) is 3.46. The SMILES string of the molecule is CC(NCc1ccc(OC(F)F)cc1)C(O)c1ccc(F)cc1. The zero-order chi connectivity index (χ0) is 16.8. The Kier molecular flexibility index (Phi) is 6.01. The first-order chi connectivity index (χ1) is 11.0. The molecule has 0 heterocycles. The number of benzene rings is 2. The number of aliphatic hydroxyl groups excluding tert-OH is 1. The van der Waals surface area contributed by atoms with Crippen LogP contribution in [0, 0.1) is 5.82 Å². The number of nitrogens with one attached hydrogen (secondary N) is 1. The topological polar surface area (TPSA) is 41.5 Å². The van der Waals surface area contributed by atoms with Crippen molar-refractivity contribution in [3.63, 3.8) is 0 Å². The summed E-state index contributed by atoms with van der Waals surface area (Å²) in [6.07, 6.45) is -0.781. The maximum atomic E-state index is 12.9. The highest BCUT2D eigenvalue weighted by Gasteiger charge is 2.15. The molecule has 2 atom stereocenters. The molecule has 6 heteroatoms. The minimum absolute atomic E-state index is 0.100. The van der Waals surface area contributed by atoms with Gasteiger partial charge in [-0.1, -0.05) is 24.3 Å². The van der Waals surface area contributed by atoms with Crippen molar-refractivity contribution in [3.05, 3.63) is 65.5 Å². The molecule has 0 amide bonds. The zero-order valence-corrected chi connectivity index (χ0v) is 12.5. The summed E-state index contributed by atoms with van der Waals surface area (Å²) in [6.45, 7) is -0.582. The maximum Gasteiger partial charge on any atom is 0.387 e. The molecule has 0 aliphatic heterocycles. The van der Waals surface area contributed by atoms with Crippen LogP contribution in [0.4, 0.5) is 13.2 Å². The predicted octanol–water partition coefficient (Wildman–Crippen LogP) is 3.64. The van der Waals surface area contributed by atoms with Crippen molar-refractivity contribution >= 4 is 0 Å². The molecular formula is C17H18F3NO2. The van der Waals surface area contributed by atoms with Gasteiger partial charge in [0.05, 0.1) is 6.10 Å². The highest BCUT2D eigenvalue weighted by atomic mass is 19.3. The van der Waals surface area contributed by atoms with Crippen LogP contribution in [-0.4, -0.2) is 17.8 Å². The van der Waals surface area contributed by atoms with Crippen LogP contribution in [0.25, 0.3) is 0 Å². The fourth-order valence-electron chi connectivity index (χ4n) is 2.13. The summed E-state index contributed by atoms with van der Waals surface area (Å²) >= 11 is 0. The first kappa shape index (κ1) is 17.3. The van der Waals surface area contributed by atoms with Gasteiger partial charge in [-0.15, -0.1) is 0 Å². The van der Waals surface area contributed by atoms with E-state index in [2.05, 4.69) is 10.1 Å². The van der Waals surface area contributed by atoms with Crippen molar-refractivity contribution in [2.45, 2.75) is 32.2 Å². The average Bonchev–Trinajstić information content (AvgIpc) is 2.53. The Morgan fingerprint density at radius 2 is 1.65 bits per heavy atom. The first-order valence-electron chi connectivity index (χ1n) is 7.16. The monoisotopic (exact) mass is 325 g/mol. The lowest BCUT2D eigenvalue weighted by atomic mass is 10.0. The van der Waals surface area contributed by atoms with Crippen LogP contribution in [0.2, 0.25) is 0 Å². The minimum atomic E-state index is -2.84. The number of halogens is 3. The average molecular weight is 325 g/mol. The Balaban J connectivity index is 1.88. The summed E-state index contributed by atoms with van der Waals surface area (Å²) in [4.78, 5) is 0. The van der Waals surface area contributed by atoms with Crippen molar-refractivity contribution in [1.82, 2.24) is 5.32 Å². The Hall–Kier alpha value is -2.05. The van der Waals surface area contributed by atoms with E-state index in [0.29, 0.717) is 12.1 Å². The summed E-state index contributed by atoms with van der Waals surface area (Å²) in [6, 6.07) is 11.7. The number of alkyl halides is 2. The molecule has 2 unspecified atom stereocenters. The van der Waals surface area contributed by atoms with Gasteiger partial charge < -0.3 is 15.2 Å². The fourth-order valence-corrected chi connectivity index (χ4v) is 2.13. The van der Waals surface area contributed by atoms with Gasteiger partial charge in [0.2, 0.25) is 0 Å². The van der Waals surface area contributed by atoms with Gasteiger partial charge in [0.15, 0.2) is 0 Å². The standard InChI is InChI=1S/C17H18F3NO2/c1-11(16(22)13-4-6-14(18)7-5-13)21-10-12-2-8-15(9-3-12)23-17(19)20/h2-9,11,16-17,21-22H,10H2,1H3. The Morgan fingerprint density at radius 3 is 2.22 bits per heavy atom. The lowest BCUT2D eigenvalue weighted by molar-refractivity contribution is -0.0498. The molecule has 2 N–H and O–H groups in total. The quantitative estimate of drug-likeness (QED) is 0.817. The Morgan fingerprint density at radius 1 is 1.04 bits per heavy atom. The van der Waals surface area contributed by atoms with E-state index in [-0.39, 0.29) is 17.6 Å². The molecule has 0 saturated carbocycles. The van der Waals surface area contributed by atoms with E-state index in [1.165, 1.54) is 36.4 Å². The molecule has 0 saturated heterocycles. The van der Waals surface area contributed by atoms with Gasteiger partial charge in [-0.25, -0.2) is 4.39 Å². The van der Waals surface area contributed by atoms with Crippen LogP contribution in [-0.2, 0) is 6.54 Å². The third-order valence-corrected chi connectivity index (χ3v) is 3.46. The van der Waals surface area contributed by atoms with Crippen LogP contribution < -0.4 is 10.1 Å². The molecule has 2 aromatic rings. The second-order valence-corrected chi connectivity index (χ2v) is 5.19. The van der Waals surface area contributed by atoms with Gasteiger partial charge in [0.25, 0.3) is 0 Å². The van der Waals surface area contributed by atoms with E-state index in [4.69, 9.17) is 0 Å². The smallest absolute Gasteiger partial charge is 0.387 e. The van der Waals surface area contributed by atoms with Crippen molar-refractivity contribution in [3.8, 4) is 5.75 Å². The van der Waals surface area contributed by atoms with Crippen LogP contribution in [0.5, 0.6) is 5.75 Å². The molecule has 0 bridgehead atoms. The van der Waals surface area contributed by atoms with E-state index >= 15 is 0 Å². The molecule has 0 radical (unpaired) electrons. The van der Waals surface area contributed by atoms with E-state index in [1.54, 1.807) is 12.1 Å². The Labute approximate surface area is 132 Å². The van der Waals surface area contributed by atoms with Gasteiger partial charge in [-0.2, -0.15) is 8.78 Å². The van der Waals surface area contributed by atoms with Gasteiger partial charge in [0.1, 0.15) is 11.6 Å². The summed E-state index contributed by atoms with van der Waals surface area (Å²) in [5.74, 6) is -0.254. The highest BCUT2D eigenvalue weighted by molar-refractivity contribution is 5.27.